The summed E-state index contributed by atoms with van der Waals surface area (Å²) < 4.78 is 5.87. The fourth-order valence-corrected chi connectivity index (χ4v) is 3.46. The molecule has 1 aliphatic carbocycles. The highest BCUT2D eigenvalue weighted by atomic mass is 35.5. The van der Waals surface area contributed by atoms with Gasteiger partial charge in [-0.1, -0.05) is 37.6 Å². The van der Waals surface area contributed by atoms with Crippen LogP contribution in [-0.4, -0.2) is 5.11 Å². The van der Waals surface area contributed by atoms with Crippen molar-refractivity contribution in [3.05, 3.63) is 35.0 Å². The molecule has 0 radical (unpaired) electrons. The van der Waals surface area contributed by atoms with Gasteiger partial charge >= 0.3 is 0 Å². The Bertz CT molecular complexity index is 604. The lowest BCUT2D eigenvalue weighted by molar-refractivity contribution is -0.0735. The van der Waals surface area contributed by atoms with Crippen LogP contribution in [0, 0.1) is 11.8 Å². The van der Waals surface area contributed by atoms with Crippen molar-refractivity contribution in [2.45, 2.75) is 38.7 Å². The van der Waals surface area contributed by atoms with Crippen LogP contribution in [0.25, 0.3) is 11.0 Å². The summed E-state index contributed by atoms with van der Waals surface area (Å²) in [4.78, 5) is 0. The van der Waals surface area contributed by atoms with Gasteiger partial charge in [-0.05, 0) is 43.2 Å². The average Bonchev–Trinajstić information content (AvgIpc) is 2.80. The topological polar surface area (TPSA) is 33.4 Å². The molecule has 1 aliphatic rings. The maximum absolute atomic E-state index is 11.0. The number of hydrogen-bond acceptors (Lipinski definition) is 2. The van der Waals surface area contributed by atoms with Crippen molar-refractivity contribution in [2.24, 2.45) is 11.8 Å². The molecule has 1 aromatic heterocycles. The SMILES string of the molecule is CC1CCC(O)(c2cc3cccc(Cl)c3o2)C(C)C1. The van der Waals surface area contributed by atoms with E-state index in [0.717, 1.165) is 24.6 Å². The van der Waals surface area contributed by atoms with Crippen LogP contribution >= 0.6 is 11.6 Å². The molecule has 0 spiro atoms. The molecule has 1 heterocycles. The van der Waals surface area contributed by atoms with Crippen molar-refractivity contribution in [1.29, 1.82) is 0 Å². The summed E-state index contributed by atoms with van der Waals surface area (Å²) >= 11 is 6.14. The highest BCUT2D eigenvalue weighted by molar-refractivity contribution is 6.34. The van der Waals surface area contributed by atoms with Crippen LogP contribution in [0.3, 0.4) is 0 Å². The average molecular weight is 279 g/mol. The van der Waals surface area contributed by atoms with Gasteiger partial charge in [-0.2, -0.15) is 0 Å². The Morgan fingerprint density at radius 2 is 2.16 bits per heavy atom. The summed E-state index contributed by atoms with van der Waals surface area (Å²) in [5.74, 6) is 1.54. The van der Waals surface area contributed by atoms with Crippen molar-refractivity contribution >= 4 is 22.6 Å². The van der Waals surface area contributed by atoms with Crippen molar-refractivity contribution in [1.82, 2.24) is 0 Å². The third-order valence-corrected chi connectivity index (χ3v) is 4.81. The highest BCUT2D eigenvalue weighted by Gasteiger charge is 2.42. The van der Waals surface area contributed by atoms with E-state index in [9.17, 15) is 5.11 Å². The standard InChI is InChI=1S/C16H19ClO2/c1-10-6-7-16(18,11(2)8-10)14-9-12-4-3-5-13(17)15(12)19-14/h3-5,9-11,18H,6-8H2,1-2H3. The van der Waals surface area contributed by atoms with Crippen molar-refractivity contribution in [3.8, 4) is 0 Å². The second kappa shape index (κ2) is 4.53. The first-order valence-corrected chi connectivity index (χ1v) is 7.29. The van der Waals surface area contributed by atoms with E-state index in [1.807, 2.05) is 24.3 Å². The Hall–Kier alpha value is -0.990. The van der Waals surface area contributed by atoms with E-state index >= 15 is 0 Å². The monoisotopic (exact) mass is 278 g/mol. The van der Waals surface area contributed by atoms with Crippen LogP contribution in [0.4, 0.5) is 0 Å². The second-order valence-corrected chi connectivity index (χ2v) is 6.38. The summed E-state index contributed by atoms with van der Waals surface area (Å²) in [5, 5.41) is 12.5. The first-order chi connectivity index (χ1) is 9.00. The fraction of sp³-hybridized carbons (Fsp3) is 0.500. The van der Waals surface area contributed by atoms with Crippen LogP contribution in [0.1, 0.15) is 38.9 Å². The number of furan rings is 1. The molecule has 1 N–H and O–H groups in total. The van der Waals surface area contributed by atoms with Gasteiger partial charge in [0.1, 0.15) is 11.4 Å². The van der Waals surface area contributed by atoms with Gasteiger partial charge < -0.3 is 9.52 Å². The minimum absolute atomic E-state index is 0.204. The molecule has 3 heteroatoms. The van der Waals surface area contributed by atoms with Crippen molar-refractivity contribution in [3.63, 3.8) is 0 Å². The van der Waals surface area contributed by atoms with Crippen molar-refractivity contribution < 1.29 is 9.52 Å². The first-order valence-electron chi connectivity index (χ1n) is 6.91. The van der Waals surface area contributed by atoms with Gasteiger partial charge in [0, 0.05) is 5.39 Å². The van der Waals surface area contributed by atoms with Gasteiger partial charge in [-0.3, -0.25) is 0 Å². The van der Waals surface area contributed by atoms with Gasteiger partial charge in [0.15, 0.2) is 5.58 Å². The number of fused-ring (bicyclic) bond motifs is 1. The maximum atomic E-state index is 11.0. The van der Waals surface area contributed by atoms with Gasteiger partial charge in [0.2, 0.25) is 0 Å². The van der Waals surface area contributed by atoms with E-state index in [1.54, 1.807) is 0 Å². The number of aliphatic hydroxyl groups is 1. The van der Waals surface area contributed by atoms with Crippen LogP contribution in [0.2, 0.25) is 5.02 Å². The zero-order valence-electron chi connectivity index (χ0n) is 11.3. The Morgan fingerprint density at radius 1 is 1.37 bits per heavy atom. The molecule has 0 bridgehead atoms. The molecule has 3 unspecified atom stereocenters. The largest absolute Gasteiger partial charge is 0.456 e. The summed E-state index contributed by atoms with van der Waals surface area (Å²) in [6, 6.07) is 7.62. The summed E-state index contributed by atoms with van der Waals surface area (Å²) in [5.41, 5.74) is -0.173. The molecule has 19 heavy (non-hydrogen) atoms. The van der Waals surface area contributed by atoms with E-state index in [4.69, 9.17) is 16.0 Å². The third-order valence-electron chi connectivity index (χ3n) is 4.51. The minimum atomic E-state index is -0.852. The summed E-state index contributed by atoms with van der Waals surface area (Å²) in [6.07, 6.45) is 2.82. The third kappa shape index (κ3) is 2.07. The van der Waals surface area contributed by atoms with Gasteiger partial charge in [-0.25, -0.2) is 0 Å². The fourth-order valence-electron chi connectivity index (χ4n) is 3.24. The lowest BCUT2D eigenvalue weighted by atomic mass is 9.71. The molecule has 1 saturated carbocycles. The lowest BCUT2D eigenvalue weighted by Crippen LogP contribution is -2.38. The molecule has 1 aromatic carbocycles. The van der Waals surface area contributed by atoms with Crippen LogP contribution in [-0.2, 0) is 5.60 Å². The Morgan fingerprint density at radius 3 is 2.84 bits per heavy atom. The highest BCUT2D eigenvalue weighted by Crippen LogP contribution is 2.45. The molecule has 0 amide bonds. The smallest absolute Gasteiger partial charge is 0.153 e. The molecule has 2 aromatic rings. The van der Waals surface area contributed by atoms with E-state index in [0.29, 0.717) is 22.3 Å². The Labute approximate surface area is 118 Å². The summed E-state index contributed by atoms with van der Waals surface area (Å²) in [6.45, 7) is 4.34. The summed E-state index contributed by atoms with van der Waals surface area (Å²) in [7, 11) is 0. The van der Waals surface area contributed by atoms with Crippen LogP contribution < -0.4 is 0 Å². The predicted octanol–water partition coefficient (Wildman–Crippen LogP) is 4.73. The first kappa shape index (κ1) is 13.0. The molecule has 1 fully saturated rings. The maximum Gasteiger partial charge on any atom is 0.153 e. The number of benzene rings is 1. The zero-order chi connectivity index (χ0) is 13.6. The van der Waals surface area contributed by atoms with Gasteiger partial charge in [0.25, 0.3) is 0 Å². The van der Waals surface area contributed by atoms with E-state index in [-0.39, 0.29) is 5.92 Å². The van der Waals surface area contributed by atoms with Crippen LogP contribution in [0.15, 0.2) is 28.7 Å². The molecule has 0 saturated heterocycles. The molecule has 0 aliphatic heterocycles. The van der Waals surface area contributed by atoms with Crippen molar-refractivity contribution in [2.75, 3.05) is 0 Å². The molecular weight excluding hydrogens is 260 g/mol. The number of hydrogen-bond donors (Lipinski definition) is 1. The van der Waals surface area contributed by atoms with E-state index < -0.39 is 5.60 Å². The molecule has 3 atom stereocenters. The normalized spacial score (nSPS) is 31.8. The molecule has 102 valence electrons. The quantitative estimate of drug-likeness (QED) is 0.818. The van der Waals surface area contributed by atoms with Gasteiger partial charge in [0.05, 0.1) is 5.02 Å². The lowest BCUT2D eigenvalue weighted by Gasteiger charge is -2.39. The zero-order valence-corrected chi connectivity index (χ0v) is 12.1. The Balaban J connectivity index is 2.06. The van der Waals surface area contributed by atoms with E-state index in [2.05, 4.69) is 13.8 Å². The second-order valence-electron chi connectivity index (χ2n) is 5.97. The molecule has 2 nitrogen and oxygen atoms in total. The van der Waals surface area contributed by atoms with E-state index in [1.165, 1.54) is 0 Å². The number of halogens is 1. The predicted molar refractivity (Wildman–Crippen MR) is 77.3 cm³/mol. The number of rotatable bonds is 1. The van der Waals surface area contributed by atoms with Crippen LogP contribution in [0.5, 0.6) is 0 Å². The van der Waals surface area contributed by atoms with Gasteiger partial charge in [-0.15, -0.1) is 0 Å². The Kier molecular flexibility index (Phi) is 3.11. The molecular formula is C16H19ClO2. The molecule has 3 rings (SSSR count). The number of para-hydroxylation sites is 1. The minimum Gasteiger partial charge on any atom is -0.456 e.